The average molecular weight is 336 g/mol. The second-order valence-electron chi connectivity index (χ2n) is 6.39. The van der Waals surface area contributed by atoms with Crippen molar-refractivity contribution in [1.29, 1.82) is 0 Å². The van der Waals surface area contributed by atoms with Crippen LogP contribution < -0.4 is 0 Å². The minimum atomic E-state index is -0.209. The number of hydrogen-bond donors (Lipinski definition) is 0. The van der Waals surface area contributed by atoms with Crippen molar-refractivity contribution in [3.05, 3.63) is 12.2 Å². The van der Waals surface area contributed by atoms with Gasteiger partial charge in [0.1, 0.15) is 0 Å². The molecule has 24 heavy (non-hydrogen) atoms. The summed E-state index contributed by atoms with van der Waals surface area (Å²) in [6.45, 7) is 8.55. The average Bonchev–Trinajstić information content (AvgIpc) is 2.91. The van der Waals surface area contributed by atoms with E-state index in [9.17, 15) is 14.4 Å². The molecule has 0 saturated carbocycles. The molecule has 1 saturated heterocycles. The third kappa shape index (κ3) is 6.46. The molecule has 0 aliphatic carbocycles. The summed E-state index contributed by atoms with van der Waals surface area (Å²) in [5.74, 6) is 0.606. The summed E-state index contributed by atoms with van der Waals surface area (Å²) in [6.07, 6.45) is 9.13. The number of piperidine rings is 1. The molecule has 0 atom stereocenters. The molecule has 2 rings (SSSR count). The highest BCUT2D eigenvalue weighted by Gasteiger charge is 2.22. The zero-order valence-electron chi connectivity index (χ0n) is 15.4. The molecule has 0 aromatic heterocycles. The van der Waals surface area contributed by atoms with Crippen LogP contribution >= 0.6 is 0 Å². The molecular formula is C19H32N2O3. The van der Waals surface area contributed by atoms with Crippen molar-refractivity contribution in [1.82, 2.24) is 9.80 Å². The third-order valence-corrected chi connectivity index (χ3v) is 4.56. The Kier molecular flexibility index (Phi) is 9.35. The van der Waals surface area contributed by atoms with Crippen LogP contribution in [0.15, 0.2) is 12.2 Å². The lowest BCUT2D eigenvalue weighted by molar-refractivity contribution is -0.137. The van der Waals surface area contributed by atoms with E-state index in [4.69, 9.17) is 0 Å². The van der Waals surface area contributed by atoms with Crippen LogP contribution in [0.25, 0.3) is 0 Å². The van der Waals surface area contributed by atoms with Crippen molar-refractivity contribution in [2.24, 2.45) is 5.92 Å². The summed E-state index contributed by atoms with van der Waals surface area (Å²) in [4.78, 5) is 38.0. The number of hydrogen-bond acceptors (Lipinski definition) is 3. The predicted molar refractivity (Wildman–Crippen MR) is 95.3 cm³/mol. The second kappa shape index (κ2) is 11.0. The summed E-state index contributed by atoms with van der Waals surface area (Å²) in [6, 6.07) is 0. The van der Waals surface area contributed by atoms with Crippen LogP contribution in [0.2, 0.25) is 0 Å². The maximum Gasteiger partial charge on any atom is 0.253 e. The molecule has 3 amide bonds. The largest absolute Gasteiger partial charge is 0.343 e. The van der Waals surface area contributed by atoms with E-state index >= 15 is 0 Å². The summed E-state index contributed by atoms with van der Waals surface area (Å²) in [5.41, 5.74) is 0. The number of carbonyl (C=O) groups is 3. The van der Waals surface area contributed by atoms with E-state index < -0.39 is 0 Å². The fraction of sp³-hybridized carbons (Fsp3) is 0.737. The van der Waals surface area contributed by atoms with Crippen LogP contribution in [-0.2, 0) is 14.4 Å². The lowest BCUT2D eigenvalue weighted by Gasteiger charge is -2.30. The van der Waals surface area contributed by atoms with Gasteiger partial charge < -0.3 is 4.90 Å². The molecule has 0 radical (unpaired) electrons. The molecule has 2 aliphatic heterocycles. The Bertz CT molecular complexity index is 434. The first kappa shape index (κ1) is 20.4. The number of amides is 3. The maximum atomic E-state index is 12.1. The molecular weight excluding hydrogens is 304 g/mol. The Labute approximate surface area is 146 Å². The van der Waals surface area contributed by atoms with Crippen LogP contribution in [0.1, 0.15) is 65.7 Å². The van der Waals surface area contributed by atoms with Gasteiger partial charge in [-0.25, -0.2) is 0 Å². The summed E-state index contributed by atoms with van der Waals surface area (Å²) in [7, 11) is 0. The van der Waals surface area contributed by atoms with E-state index in [-0.39, 0.29) is 17.7 Å². The summed E-state index contributed by atoms with van der Waals surface area (Å²) < 4.78 is 0. The van der Waals surface area contributed by atoms with Gasteiger partial charge in [-0.1, -0.05) is 33.6 Å². The van der Waals surface area contributed by atoms with E-state index in [1.165, 1.54) is 17.1 Å². The molecule has 5 heteroatoms. The Morgan fingerprint density at radius 1 is 1.00 bits per heavy atom. The first-order valence-electron chi connectivity index (χ1n) is 9.39. The molecule has 136 valence electrons. The highest BCUT2D eigenvalue weighted by molar-refractivity contribution is 6.12. The van der Waals surface area contributed by atoms with Crippen molar-refractivity contribution in [3.8, 4) is 0 Å². The Morgan fingerprint density at radius 2 is 1.54 bits per heavy atom. The molecule has 0 aromatic rings. The van der Waals surface area contributed by atoms with Crippen LogP contribution in [0.4, 0.5) is 0 Å². The molecule has 2 aliphatic rings. The van der Waals surface area contributed by atoms with Crippen molar-refractivity contribution >= 4 is 17.7 Å². The van der Waals surface area contributed by atoms with E-state index in [1.54, 1.807) is 0 Å². The van der Waals surface area contributed by atoms with Gasteiger partial charge in [0.15, 0.2) is 0 Å². The lowest BCUT2D eigenvalue weighted by Crippen LogP contribution is -2.37. The molecule has 0 spiro atoms. The van der Waals surface area contributed by atoms with Crippen molar-refractivity contribution < 1.29 is 14.4 Å². The normalized spacial score (nSPS) is 18.0. The number of rotatable bonds is 7. The van der Waals surface area contributed by atoms with Crippen molar-refractivity contribution in [3.63, 3.8) is 0 Å². The molecule has 2 heterocycles. The van der Waals surface area contributed by atoms with Crippen LogP contribution in [0.5, 0.6) is 0 Å². The van der Waals surface area contributed by atoms with E-state index in [0.29, 0.717) is 13.0 Å². The maximum absolute atomic E-state index is 12.1. The van der Waals surface area contributed by atoms with Gasteiger partial charge >= 0.3 is 0 Å². The summed E-state index contributed by atoms with van der Waals surface area (Å²) >= 11 is 0. The number of unbranched alkanes of at least 4 members (excludes halogenated alkanes) is 3. The van der Waals surface area contributed by atoms with Gasteiger partial charge in [0.05, 0.1) is 0 Å². The van der Waals surface area contributed by atoms with Gasteiger partial charge in [0.25, 0.3) is 11.8 Å². The predicted octanol–water partition coefficient (Wildman–Crippen LogP) is 3.15. The molecule has 0 bridgehead atoms. The third-order valence-electron chi connectivity index (χ3n) is 4.56. The van der Waals surface area contributed by atoms with Gasteiger partial charge in [0, 0.05) is 38.2 Å². The van der Waals surface area contributed by atoms with Gasteiger partial charge in [-0.2, -0.15) is 0 Å². The monoisotopic (exact) mass is 336 g/mol. The first-order valence-corrected chi connectivity index (χ1v) is 9.39. The quantitative estimate of drug-likeness (QED) is 0.530. The fourth-order valence-corrected chi connectivity index (χ4v) is 2.97. The Morgan fingerprint density at radius 3 is 2.12 bits per heavy atom. The van der Waals surface area contributed by atoms with Gasteiger partial charge in [-0.15, -0.1) is 0 Å². The molecule has 0 unspecified atom stereocenters. The Hall–Kier alpha value is -1.65. The first-order chi connectivity index (χ1) is 11.6. The zero-order chi connectivity index (χ0) is 17.9. The Balaban J connectivity index is 0.00000139. The molecule has 0 N–H and O–H groups in total. The van der Waals surface area contributed by atoms with E-state index in [2.05, 4.69) is 6.92 Å². The minimum absolute atomic E-state index is 0.209. The van der Waals surface area contributed by atoms with Crippen LogP contribution in [-0.4, -0.2) is 47.2 Å². The topological polar surface area (TPSA) is 57.7 Å². The molecule has 0 aromatic carbocycles. The standard InChI is InChI=1S/C17H26N2O3.C2H6/c1-14-9-12-18(13-10-14)15(20)6-4-2-3-5-11-19-16(21)7-8-17(19)22;1-2/h7-8,14H,2-6,9-13H2,1H3;1-2H3. The smallest absolute Gasteiger partial charge is 0.253 e. The lowest BCUT2D eigenvalue weighted by atomic mass is 9.99. The van der Waals surface area contributed by atoms with Crippen LogP contribution in [0.3, 0.4) is 0 Å². The fourth-order valence-electron chi connectivity index (χ4n) is 2.97. The number of nitrogens with zero attached hydrogens (tertiary/aromatic N) is 2. The number of likely N-dealkylation sites (tertiary alicyclic amines) is 1. The second-order valence-corrected chi connectivity index (χ2v) is 6.39. The van der Waals surface area contributed by atoms with Gasteiger partial charge in [0.2, 0.25) is 5.91 Å². The van der Waals surface area contributed by atoms with Crippen molar-refractivity contribution in [2.45, 2.75) is 65.7 Å². The van der Waals surface area contributed by atoms with Crippen molar-refractivity contribution in [2.75, 3.05) is 19.6 Å². The zero-order valence-corrected chi connectivity index (χ0v) is 15.4. The highest BCUT2D eigenvalue weighted by atomic mass is 16.2. The summed E-state index contributed by atoms with van der Waals surface area (Å²) in [5, 5.41) is 0. The highest BCUT2D eigenvalue weighted by Crippen LogP contribution is 2.17. The van der Waals surface area contributed by atoms with Crippen LogP contribution in [0, 0.1) is 5.92 Å². The SMILES string of the molecule is CC.CC1CCN(C(=O)CCCCCCN2C(=O)C=CC2=O)CC1. The van der Waals surface area contributed by atoms with Gasteiger partial charge in [-0.05, 0) is 31.6 Å². The number of carbonyl (C=O) groups excluding carboxylic acids is 3. The minimum Gasteiger partial charge on any atom is -0.343 e. The van der Waals surface area contributed by atoms with E-state index in [0.717, 1.165) is 57.5 Å². The molecule has 1 fully saturated rings. The molecule has 5 nitrogen and oxygen atoms in total. The van der Waals surface area contributed by atoms with Gasteiger partial charge in [-0.3, -0.25) is 19.3 Å². The number of imide groups is 1. The van der Waals surface area contributed by atoms with E-state index in [1.807, 2.05) is 18.7 Å².